The van der Waals surface area contributed by atoms with Gasteiger partial charge in [0, 0.05) is 4.47 Å². The molecule has 0 aliphatic heterocycles. The second-order valence-electron chi connectivity index (χ2n) is 2.97. The normalized spacial score (nSPS) is 12.2. The Kier molecular flexibility index (Phi) is 3.55. The average molecular weight is 241 g/mol. The van der Waals surface area contributed by atoms with Gasteiger partial charge in [-0.1, -0.05) is 28.6 Å². The van der Waals surface area contributed by atoms with Gasteiger partial charge in [-0.05, 0) is 37.6 Å². The predicted molar refractivity (Wildman–Crippen MR) is 59.2 cm³/mol. The first-order chi connectivity index (χ1) is 6.13. The number of hydrogen-bond donors (Lipinski definition) is 0. The Bertz CT molecular complexity index is 307. The molecule has 2 heteroatoms. The molecule has 0 aliphatic rings. The third-order valence-corrected chi connectivity index (χ3v) is 2.28. The first-order valence-electron chi connectivity index (χ1n) is 4.19. The maximum absolute atomic E-state index is 5.61. The molecule has 70 valence electrons. The van der Waals surface area contributed by atoms with Crippen LogP contribution in [0.2, 0.25) is 0 Å². The van der Waals surface area contributed by atoms with E-state index in [9.17, 15) is 0 Å². The summed E-state index contributed by atoms with van der Waals surface area (Å²) >= 11 is 3.40. The SMILES string of the molecule is C=CC(C)Oc1ccc(Br)cc1C. The van der Waals surface area contributed by atoms with E-state index < -0.39 is 0 Å². The molecule has 0 heterocycles. The minimum Gasteiger partial charge on any atom is -0.486 e. The molecule has 0 radical (unpaired) electrons. The van der Waals surface area contributed by atoms with Crippen molar-refractivity contribution in [3.63, 3.8) is 0 Å². The Morgan fingerprint density at radius 2 is 2.23 bits per heavy atom. The van der Waals surface area contributed by atoms with Crippen molar-refractivity contribution in [2.24, 2.45) is 0 Å². The lowest BCUT2D eigenvalue weighted by Crippen LogP contribution is -2.08. The van der Waals surface area contributed by atoms with E-state index in [4.69, 9.17) is 4.74 Å². The van der Waals surface area contributed by atoms with Crippen LogP contribution in [0, 0.1) is 6.92 Å². The molecule has 1 atom stereocenters. The molecule has 0 fully saturated rings. The Labute approximate surface area is 87.5 Å². The summed E-state index contributed by atoms with van der Waals surface area (Å²) in [5.41, 5.74) is 1.13. The highest BCUT2D eigenvalue weighted by molar-refractivity contribution is 9.10. The van der Waals surface area contributed by atoms with E-state index in [-0.39, 0.29) is 6.10 Å². The van der Waals surface area contributed by atoms with Crippen LogP contribution in [-0.2, 0) is 0 Å². The summed E-state index contributed by atoms with van der Waals surface area (Å²) in [5, 5.41) is 0. The summed E-state index contributed by atoms with van der Waals surface area (Å²) in [4.78, 5) is 0. The average Bonchev–Trinajstić information content (AvgIpc) is 2.09. The first-order valence-corrected chi connectivity index (χ1v) is 4.98. The predicted octanol–water partition coefficient (Wildman–Crippen LogP) is 3.71. The van der Waals surface area contributed by atoms with E-state index in [1.165, 1.54) is 0 Å². The van der Waals surface area contributed by atoms with Gasteiger partial charge in [-0.25, -0.2) is 0 Å². The molecule has 1 rings (SSSR count). The zero-order chi connectivity index (χ0) is 9.84. The van der Waals surface area contributed by atoms with Gasteiger partial charge >= 0.3 is 0 Å². The summed E-state index contributed by atoms with van der Waals surface area (Å²) in [7, 11) is 0. The number of halogens is 1. The topological polar surface area (TPSA) is 9.23 Å². The Morgan fingerprint density at radius 1 is 1.54 bits per heavy atom. The third-order valence-electron chi connectivity index (χ3n) is 1.78. The number of ether oxygens (including phenoxy) is 1. The number of benzene rings is 1. The minimum atomic E-state index is 0.0554. The highest BCUT2D eigenvalue weighted by atomic mass is 79.9. The van der Waals surface area contributed by atoms with Crippen LogP contribution in [-0.4, -0.2) is 6.10 Å². The highest BCUT2D eigenvalue weighted by Crippen LogP contribution is 2.23. The lowest BCUT2D eigenvalue weighted by molar-refractivity contribution is 0.268. The van der Waals surface area contributed by atoms with Gasteiger partial charge in [-0.15, -0.1) is 0 Å². The van der Waals surface area contributed by atoms with Gasteiger partial charge in [0.25, 0.3) is 0 Å². The van der Waals surface area contributed by atoms with Gasteiger partial charge in [-0.2, -0.15) is 0 Å². The minimum absolute atomic E-state index is 0.0554. The first kappa shape index (κ1) is 10.3. The molecule has 13 heavy (non-hydrogen) atoms. The fourth-order valence-electron chi connectivity index (χ4n) is 0.993. The molecule has 1 aromatic rings. The summed E-state index contributed by atoms with van der Waals surface area (Å²) in [6, 6.07) is 5.96. The maximum Gasteiger partial charge on any atom is 0.123 e. The lowest BCUT2D eigenvalue weighted by Gasteiger charge is -2.12. The van der Waals surface area contributed by atoms with Crippen LogP contribution in [0.4, 0.5) is 0 Å². The van der Waals surface area contributed by atoms with E-state index in [0.29, 0.717) is 0 Å². The zero-order valence-corrected chi connectivity index (χ0v) is 9.47. The molecule has 0 saturated carbocycles. The van der Waals surface area contributed by atoms with Crippen molar-refractivity contribution in [1.82, 2.24) is 0 Å². The van der Waals surface area contributed by atoms with Gasteiger partial charge in [0.05, 0.1) is 0 Å². The zero-order valence-electron chi connectivity index (χ0n) is 7.88. The van der Waals surface area contributed by atoms with Crippen LogP contribution in [0.3, 0.4) is 0 Å². The maximum atomic E-state index is 5.61. The Balaban J connectivity index is 2.83. The number of aryl methyl sites for hydroxylation is 1. The molecule has 0 aliphatic carbocycles. The quantitative estimate of drug-likeness (QED) is 0.733. The largest absolute Gasteiger partial charge is 0.486 e. The summed E-state index contributed by atoms with van der Waals surface area (Å²) < 4.78 is 6.68. The highest BCUT2D eigenvalue weighted by Gasteiger charge is 2.02. The monoisotopic (exact) mass is 240 g/mol. The van der Waals surface area contributed by atoms with Crippen LogP contribution < -0.4 is 4.74 Å². The molecular weight excluding hydrogens is 228 g/mol. The van der Waals surface area contributed by atoms with Crippen LogP contribution in [0.5, 0.6) is 5.75 Å². The van der Waals surface area contributed by atoms with Crippen LogP contribution in [0.25, 0.3) is 0 Å². The fourth-order valence-corrected chi connectivity index (χ4v) is 1.47. The molecule has 0 aromatic heterocycles. The smallest absolute Gasteiger partial charge is 0.123 e. The molecule has 0 N–H and O–H groups in total. The van der Waals surface area contributed by atoms with Crippen molar-refractivity contribution in [2.75, 3.05) is 0 Å². The molecular formula is C11H13BrO. The van der Waals surface area contributed by atoms with E-state index >= 15 is 0 Å². The number of rotatable bonds is 3. The van der Waals surface area contributed by atoms with Gasteiger partial charge in [0.2, 0.25) is 0 Å². The third kappa shape index (κ3) is 2.88. The van der Waals surface area contributed by atoms with E-state index in [2.05, 4.69) is 22.5 Å². The van der Waals surface area contributed by atoms with Crippen LogP contribution in [0.15, 0.2) is 35.3 Å². The molecule has 0 saturated heterocycles. The van der Waals surface area contributed by atoms with E-state index in [1.54, 1.807) is 6.08 Å². The summed E-state index contributed by atoms with van der Waals surface area (Å²) in [6.45, 7) is 7.66. The molecule has 0 bridgehead atoms. The van der Waals surface area contributed by atoms with Crippen LogP contribution in [0.1, 0.15) is 12.5 Å². The van der Waals surface area contributed by atoms with Gasteiger partial charge in [0.15, 0.2) is 0 Å². The molecule has 0 spiro atoms. The van der Waals surface area contributed by atoms with Crippen molar-refractivity contribution in [3.8, 4) is 5.75 Å². The van der Waals surface area contributed by atoms with Crippen molar-refractivity contribution >= 4 is 15.9 Å². The standard InChI is InChI=1S/C11H13BrO/c1-4-9(3)13-11-6-5-10(12)7-8(11)2/h4-7,9H,1H2,2-3H3. The molecule has 1 aromatic carbocycles. The summed E-state index contributed by atoms with van der Waals surface area (Å²) in [6.07, 6.45) is 1.83. The Morgan fingerprint density at radius 3 is 2.77 bits per heavy atom. The fraction of sp³-hybridized carbons (Fsp3) is 0.273. The van der Waals surface area contributed by atoms with Gasteiger partial charge < -0.3 is 4.74 Å². The van der Waals surface area contributed by atoms with Crippen molar-refractivity contribution in [2.45, 2.75) is 20.0 Å². The number of hydrogen-bond acceptors (Lipinski definition) is 1. The van der Waals surface area contributed by atoms with Gasteiger partial charge in [-0.3, -0.25) is 0 Å². The lowest BCUT2D eigenvalue weighted by atomic mass is 10.2. The van der Waals surface area contributed by atoms with E-state index in [1.807, 2.05) is 32.0 Å². The summed E-state index contributed by atoms with van der Waals surface area (Å²) in [5.74, 6) is 0.913. The van der Waals surface area contributed by atoms with Crippen molar-refractivity contribution in [1.29, 1.82) is 0 Å². The second kappa shape index (κ2) is 4.47. The second-order valence-corrected chi connectivity index (χ2v) is 3.88. The van der Waals surface area contributed by atoms with Crippen molar-refractivity contribution < 1.29 is 4.74 Å². The Hall–Kier alpha value is -0.760. The molecule has 0 amide bonds. The van der Waals surface area contributed by atoms with E-state index in [0.717, 1.165) is 15.8 Å². The molecule has 1 nitrogen and oxygen atoms in total. The van der Waals surface area contributed by atoms with Crippen molar-refractivity contribution in [3.05, 3.63) is 40.9 Å². The van der Waals surface area contributed by atoms with Crippen LogP contribution >= 0.6 is 15.9 Å². The molecule has 1 unspecified atom stereocenters. The van der Waals surface area contributed by atoms with Gasteiger partial charge in [0.1, 0.15) is 11.9 Å².